The van der Waals surface area contributed by atoms with Crippen LogP contribution >= 0.6 is 11.8 Å². The summed E-state index contributed by atoms with van der Waals surface area (Å²) in [6.45, 7) is 5.97. The van der Waals surface area contributed by atoms with Gasteiger partial charge in [-0.25, -0.2) is 14.5 Å². The lowest BCUT2D eigenvalue weighted by molar-refractivity contribution is -0.274. The number of allylic oxidation sites excluding steroid dienone is 1. The molecule has 2 aliphatic rings. The smallest absolute Gasteiger partial charge is 0.406 e. The average Bonchev–Trinajstić information content (AvgIpc) is 3.63. The highest BCUT2D eigenvalue weighted by Crippen LogP contribution is 2.45. The Bertz CT molecular complexity index is 1790. The van der Waals surface area contributed by atoms with Gasteiger partial charge in [0.05, 0.1) is 23.2 Å². The van der Waals surface area contributed by atoms with Gasteiger partial charge in [-0.2, -0.15) is 4.99 Å². The molecule has 4 aromatic rings. The van der Waals surface area contributed by atoms with Crippen LogP contribution in [0.25, 0.3) is 17.1 Å². The second-order valence-corrected chi connectivity index (χ2v) is 11.5. The third-order valence-corrected chi connectivity index (χ3v) is 8.52. The van der Waals surface area contributed by atoms with Crippen LogP contribution < -0.4 is 15.0 Å². The maximum Gasteiger partial charge on any atom is 0.573 e. The van der Waals surface area contributed by atoms with Crippen LogP contribution in [0, 0.1) is 0 Å². The summed E-state index contributed by atoms with van der Waals surface area (Å²) in [5.74, 6) is 0.341. The van der Waals surface area contributed by atoms with E-state index in [4.69, 9.17) is 0 Å². The molecule has 1 saturated carbocycles. The molecule has 0 radical (unpaired) electrons. The number of nitrogens with zero attached hydrogens (tertiary/aromatic N) is 5. The lowest BCUT2D eigenvalue weighted by Crippen LogP contribution is -2.33. The number of thioether (sulfide) groups is 1. The SMILES string of the molecule is C=C1CCC1c1ccccc1N1C(=O)CS/C1=N\C(=O)NC(C)c1ccc(-c2ncn(-c3ccc(OC(F)(F)F)cc3)n2)cc1. The lowest BCUT2D eigenvalue weighted by atomic mass is 9.75. The molecule has 9 nitrogen and oxygen atoms in total. The van der Waals surface area contributed by atoms with Crippen LogP contribution in [0.1, 0.15) is 42.9 Å². The summed E-state index contributed by atoms with van der Waals surface area (Å²) in [7, 11) is 0. The Hall–Kier alpha value is -4.91. The number of ether oxygens (including phenoxy) is 1. The number of carbonyl (C=O) groups excluding carboxylic acids is 2. The van der Waals surface area contributed by atoms with Crippen molar-refractivity contribution >= 4 is 34.6 Å². The number of anilines is 1. The molecule has 1 aliphatic carbocycles. The summed E-state index contributed by atoms with van der Waals surface area (Å²) in [5.41, 5.74) is 4.91. The number of aromatic nitrogens is 3. The number of nitrogens with one attached hydrogen (secondary N) is 1. The van der Waals surface area contributed by atoms with Gasteiger partial charge in [-0.15, -0.1) is 18.3 Å². The first kappa shape index (κ1) is 30.1. The third kappa shape index (κ3) is 6.63. The zero-order chi connectivity index (χ0) is 31.7. The van der Waals surface area contributed by atoms with Gasteiger partial charge in [-0.3, -0.25) is 9.69 Å². The van der Waals surface area contributed by atoms with Gasteiger partial charge in [0.1, 0.15) is 12.1 Å². The van der Waals surface area contributed by atoms with E-state index < -0.39 is 12.4 Å². The number of benzene rings is 3. The van der Waals surface area contributed by atoms with Crippen molar-refractivity contribution in [1.29, 1.82) is 0 Å². The van der Waals surface area contributed by atoms with Gasteiger partial charge in [-0.05, 0) is 61.2 Å². The molecule has 230 valence electrons. The molecule has 2 unspecified atom stereocenters. The van der Waals surface area contributed by atoms with E-state index in [1.165, 1.54) is 51.9 Å². The molecule has 3 amide bonds. The number of hydrogen-bond acceptors (Lipinski definition) is 6. The Balaban J connectivity index is 1.11. The fourth-order valence-corrected chi connectivity index (χ4v) is 6.02. The molecular formula is C32H27F3N6O3S. The zero-order valence-electron chi connectivity index (χ0n) is 24.0. The number of carbonyl (C=O) groups is 2. The second-order valence-electron chi connectivity index (χ2n) is 10.6. The van der Waals surface area contributed by atoms with E-state index in [0.29, 0.717) is 22.2 Å². The highest BCUT2D eigenvalue weighted by atomic mass is 32.2. The molecule has 2 fully saturated rings. The monoisotopic (exact) mass is 632 g/mol. The molecule has 1 N–H and O–H groups in total. The standard InChI is InChI=1S/C32H27F3N6O3S/c1-19-7-16-25(19)26-5-3-4-6-27(26)41-28(42)17-45-31(41)38-30(43)37-20(2)21-8-10-22(11-9-21)29-36-18-40(39-29)23-12-14-24(15-13-23)44-32(33,34)35/h3-6,8-15,18,20,25H,1,7,16-17H2,2H3,(H,37,43)/b38-31-. The summed E-state index contributed by atoms with van der Waals surface area (Å²) < 4.78 is 42.6. The Labute approximate surface area is 260 Å². The molecule has 3 aromatic carbocycles. The Morgan fingerprint density at radius 2 is 1.84 bits per heavy atom. The number of alkyl halides is 3. The molecule has 13 heteroatoms. The number of amides is 3. The molecule has 2 atom stereocenters. The minimum atomic E-state index is -4.77. The van der Waals surface area contributed by atoms with Gasteiger partial charge in [0.15, 0.2) is 11.0 Å². The van der Waals surface area contributed by atoms with Gasteiger partial charge in [0, 0.05) is 11.5 Å². The third-order valence-electron chi connectivity index (χ3n) is 7.60. The Morgan fingerprint density at radius 1 is 1.11 bits per heavy atom. The number of aliphatic imine (C=N–C) groups is 1. The molecular weight excluding hydrogens is 605 g/mol. The number of para-hydroxylation sites is 1. The molecule has 1 aromatic heterocycles. The average molecular weight is 633 g/mol. The van der Waals surface area contributed by atoms with Gasteiger partial charge >= 0.3 is 12.4 Å². The minimum Gasteiger partial charge on any atom is -0.406 e. The summed E-state index contributed by atoms with van der Waals surface area (Å²) in [6, 6.07) is 19.3. The Morgan fingerprint density at radius 3 is 2.51 bits per heavy atom. The first-order chi connectivity index (χ1) is 21.6. The maximum absolute atomic E-state index is 13.0. The molecule has 6 rings (SSSR count). The van der Waals surface area contributed by atoms with E-state index in [1.54, 1.807) is 0 Å². The second kappa shape index (κ2) is 12.2. The Kier molecular flexibility index (Phi) is 8.19. The van der Waals surface area contributed by atoms with Crippen LogP contribution in [0.3, 0.4) is 0 Å². The summed E-state index contributed by atoms with van der Waals surface area (Å²) >= 11 is 1.23. The van der Waals surface area contributed by atoms with E-state index >= 15 is 0 Å². The number of hydrogen-bond donors (Lipinski definition) is 1. The first-order valence-corrected chi connectivity index (χ1v) is 15.0. The minimum absolute atomic E-state index is 0.129. The van der Waals surface area contributed by atoms with E-state index in [2.05, 4.69) is 31.7 Å². The van der Waals surface area contributed by atoms with Crippen LogP contribution in [-0.4, -0.2) is 44.0 Å². The first-order valence-electron chi connectivity index (χ1n) is 14.1. The van der Waals surface area contributed by atoms with Crippen LogP contribution in [0.2, 0.25) is 0 Å². The molecule has 2 heterocycles. The fraction of sp³-hybridized carbons (Fsp3) is 0.219. The lowest BCUT2D eigenvalue weighted by Gasteiger charge is -2.32. The van der Waals surface area contributed by atoms with Crippen molar-refractivity contribution < 1.29 is 27.5 Å². The van der Waals surface area contributed by atoms with Crippen LogP contribution in [-0.2, 0) is 4.79 Å². The van der Waals surface area contributed by atoms with E-state index in [-0.39, 0.29) is 29.4 Å². The molecule has 0 spiro atoms. The predicted octanol–water partition coefficient (Wildman–Crippen LogP) is 7.17. The highest BCUT2D eigenvalue weighted by molar-refractivity contribution is 8.15. The predicted molar refractivity (Wildman–Crippen MR) is 165 cm³/mol. The van der Waals surface area contributed by atoms with Crippen molar-refractivity contribution in [3.63, 3.8) is 0 Å². The molecule has 1 aliphatic heterocycles. The molecule has 45 heavy (non-hydrogen) atoms. The van der Waals surface area contributed by atoms with Crippen molar-refractivity contribution in [1.82, 2.24) is 20.1 Å². The van der Waals surface area contributed by atoms with Crippen molar-refractivity contribution in [2.75, 3.05) is 10.7 Å². The van der Waals surface area contributed by atoms with Gasteiger partial charge in [0.2, 0.25) is 5.91 Å². The van der Waals surface area contributed by atoms with Crippen molar-refractivity contribution in [2.24, 2.45) is 4.99 Å². The summed E-state index contributed by atoms with van der Waals surface area (Å²) in [4.78, 5) is 35.9. The van der Waals surface area contributed by atoms with Crippen LogP contribution in [0.15, 0.2) is 96.3 Å². The van der Waals surface area contributed by atoms with Crippen molar-refractivity contribution in [3.8, 4) is 22.8 Å². The number of amidine groups is 1. The number of halogens is 3. The fourth-order valence-electron chi connectivity index (χ4n) is 5.16. The summed E-state index contributed by atoms with van der Waals surface area (Å²) in [6.07, 6.45) is -1.37. The van der Waals surface area contributed by atoms with E-state index in [0.717, 1.165) is 35.2 Å². The maximum atomic E-state index is 13.0. The van der Waals surface area contributed by atoms with Crippen molar-refractivity contribution in [2.45, 2.75) is 38.1 Å². The number of urea groups is 1. The molecule has 1 saturated heterocycles. The van der Waals surface area contributed by atoms with Gasteiger partial charge in [0.25, 0.3) is 0 Å². The summed E-state index contributed by atoms with van der Waals surface area (Å²) in [5, 5.41) is 7.63. The van der Waals surface area contributed by atoms with Gasteiger partial charge in [-0.1, -0.05) is 66.4 Å². The van der Waals surface area contributed by atoms with E-state index in [1.807, 2.05) is 55.5 Å². The normalized spacial score (nSPS) is 18.2. The largest absolute Gasteiger partial charge is 0.573 e. The quantitative estimate of drug-likeness (QED) is 0.217. The topological polar surface area (TPSA) is 102 Å². The van der Waals surface area contributed by atoms with Crippen LogP contribution in [0.4, 0.5) is 23.7 Å². The number of rotatable bonds is 7. The van der Waals surface area contributed by atoms with E-state index in [9.17, 15) is 22.8 Å². The molecule has 0 bridgehead atoms. The highest BCUT2D eigenvalue weighted by Gasteiger charge is 2.35. The zero-order valence-corrected chi connectivity index (χ0v) is 24.8. The van der Waals surface area contributed by atoms with Crippen LogP contribution in [0.5, 0.6) is 5.75 Å². The van der Waals surface area contributed by atoms with Crippen molar-refractivity contribution in [3.05, 3.63) is 102 Å². The van der Waals surface area contributed by atoms with Gasteiger partial charge < -0.3 is 10.1 Å².